The molecule has 1 saturated carbocycles. The quantitative estimate of drug-likeness (QED) is 0.831. The molecule has 0 atom stereocenters. The Bertz CT molecular complexity index is 291. The molecule has 1 aromatic heterocycles. The van der Waals surface area contributed by atoms with E-state index < -0.39 is 0 Å². The van der Waals surface area contributed by atoms with Gasteiger partial charge in [0.25, 0.3) is 0 Å². The van der Waals surface area contributed by atoms with Crippen LogP contribution in [0.1, 0.15) is 32.5 Å². The molecule has 1 heterocycles. The van der Waals surface area contributed by atoms with Gasteiger partial charge in [0.05, 0.1) is 0 Å². The van der Waals surface area contributed by atoms with Gasteiger partial charge in [0.1, 0.15) is 5.82 Å². The molecule has 0 amide bonds. The van der Waals surface area contributed by atoms with E-state index in [0.717, 1.165) is 35.8 Å². The van der Waals surface area contributed by atoms with Crippen LogP contribution in [0.5, 0.6) is 0 Å². The Labute approximate surface area is 89.1 Å². The van der Waals surface area contributed by atoms with E-state index in [9.17, 15) is 0 Å². The van der Waals surface area contributed by atoms with Crippen molar-refractivity contribution in [1.29, 1.82) is 0 Å². The van der Waals surface area contributed by atoms with Crippen LogP contribution in [-0.4, -0.2) is 15.9 Å². The van der Waals surface area contributed by atoms with E-state index >= 15 is 0 Å². The molecule has 1 aromatic rings. The molecular weight excluding hydrogens is 194 g/mol. The molecule has 0 aliphatic heterocycles. The summed E-state index contributed by atoms with van der Waals surface area (Å²) in [6.45, 7) is 5.47. The molecule has 1 aliphatic carbocycles. The second-order valence-electron chi connectivity index (χ2n) is 4.19. The fourth-order valence-corrected chi connectivity index (χ4v) is 2.59. The molecule has 1 fully saturated rings. The van der Waals surface area contributed by atoms with Gasteiger partial charge in [-0.2, -0.15) is 4.37 Å². The molecule has 1 N–H and O–H groups in total. The molecule has 0 spiro atoms. The number of aryl methyl sites for hydroxylation is 1. The van der Waals surface area contributed by atoms with Crippen molar-refractivity contribution in [3.63, 3.8) is 0 Å². The summed E-state index contributed by atoms with van der Waals surface area (Å²) in [5.74, 6) is 2.75. The molecule has 14 heavy (non-hydrogen) atoms. The van der Waals surface area contributed by atoms with Crippen LogP contribution >= 0.6 is 11.5 Å². The number of nitrogens with one attached hydrogen (secondary N) is 1. The average molecular weight is 211 g/mol. The fraction of sp³-hybridized carbons (Fsp3) is 0.800. The maximum atomic E-state index is 4.37. The standard InChI is InChI=1S/C10H17N3S/c1-3-9-12-10(14-13-9)11-6-8-4-7(2)5-8/h7-8H,3-6H2,1-2H3,(H,11,12,13). The minimum atomic E-state index is 0.860. The predicted molar refractivity (Wildman–Crippen MR) is 59.7 cm³/mol. The van der Waals surface area contributed by atoms with Crippen LogP contribution in [0.15, 0.2) is 0 Å². The van der Waals surface area contributed by atoms with Gasteiger partial charge < -0.3 is 5.32 Å². The Kier molecular flexibility index (Phi) is 3.01. The highest BCUT2D eigenvalue weighted by atomic mass is 32.1. The molecule has 0 aromatic carbocycles. The van der Waals surface area contributed by atoms with Gasteiger partial charge >= 0.3 is 0 Å². The zero-order valence-electron chi connectivity index (χ0n) is 8.79. The number of aromatic nitrogens is 2. The van der Waals surface area contributed by atoms with Gasteiger partial charge in [0, 0.05) is 24.5 Å². The summed E-state index contributed by atoms with van der Waals surface area (Å²) in [4.78, 5) is 4.37. The number of hydrogen-bond acceptors (Lipinski definition) is 4. The third-order valence-corrected chi connectivity index (χ3v) is 3.51. The Morgan fingerprint density at radius 1 is 1.50 bits per heavy atom. The third-order valence-electron chi connectivity index (χ3n) is 2.80. The Morgan fingerprint density at radius 3 is 2.86 bits per heavy atom. The lowest BCUT2D eigenvalue weighted by Gasteiger charge is -2.32. The van der Waals surface area contributed by atoms with Crippen molar-refractivity contribution in [1.82, 2.24) is 9.36 Å². The monoisotopic (exact) mass is 211 g/mol. The van der Waals surface area contributed by atoms with Gasteiger partial charge in [0.15, 0.2) is 0 Å². The van der Waals surface area contributed by atoms with E-state index in [-0.39, 0.29) is 0 Å². The van der Waals surface area contributed by atoms with Crippen molar-refractivity contribution >= 4 is 16.7 Å². The lowest BCUT2D eigenvalue weighted by Crippen LogP contribution is -2.27. The first-order valence-corrected chi connectivity index (χ1v) is 6.11. The highest BCUT2D eigenvalue weighted by Gasteiger charge is 2.24. The number of hydrogen-bond donors (Lipinski definition) is 1. The first-order valence-electron chi connectivity index (χ1n) is 5.34. The van der Waals surface area contributed by atoms with Crippen LogP contribution in [0.3, 0.4) is 0 Å². The Balaban J connectivity index is 1.75. The third kappa shape index (κ3) is 2.23. The molecule has 0 saturated heterocycles. The SMILES string of the molecule is CCc1nsc(NCC2CC(C)C2)n1. The number of rotatable bonds is 4. The summed E-state index contributed by atoms with van der Waals surface area (Å²) in [6.07, 6.45) is 3.66. The van der Waals surface area contributed by atoms with Crippen molar-refractivity contribution in [3.8, 4) is 0 Å². The van der Waals surface area contributed by atoms with Gasteiger partial charge in [-0.1, -0.05) is 13.8 Å². The summed E-state index contributed by atoms with van der Waals surface area (Å²) < 4.78 is 4.24. The summed E-state index contributed by atoms with van der Waals surface area (Å²) in [5, 5.41) is 4.35. The summed E-state index contributed by atoms with van der Waals surface area (Å²) in [6, 6.07) is 0. The number of nitrogens with zero attached hydrogens (tertiary/aromatic N) is 2. The van der Waals surface area contributed by atoms with Crippen LogP contribution in [-0.2, 0) is 6.42 Å². The van der Waals surface area contributed by atoms with Gasteiger partial charge in [-0.15, -0.1) is 0 Å². The van der Waals surface area contributed by atoms with Crippen molar-refractivity contribution in [2.45, 2.75) is 33.1 Å². The maximum absolute atomic E-state index is 4.37. The minimum Gasteiger partial charge on any atom is -0.360 e. The van der Waals surface area contributed by atoms with Crippen molar-refractivity contribution < 1.29 is 0 Å². The summed E-state index contributed by atoms with van der Waals surface area (Å²) >= 11 is 1.48. The molecule has 2 rings (SSSR count). The second kappa shape index (κ2) is 4.26. The van der Waals surface area contributed by atoms with E-state index in [4.69, 9.17) is 0 Å². The lowest BCUT2D eigenvalue weighted by atomic mass is 9.76. The average Bonchev–Trinajstić information content (AvgIpc) is 2.58. The fourth-order valence-electron chi connectivity index (χ4n) is 1.94. The first-order chi connectivity index (χ1) is 6.78. The van der Waals surface area contributed by atoms with E-state index in [1.54, 1.807) is 0 Å². The van der Waals surface area contributed by atoms with Crippen LogP contribution in [0, 0.1) is 11.8 Å². The van der Waals surface area contributed by atoms with E-state index in [0.29, 0.717) is 0 Å². The number of anilines is 1. The molecule has 4 heteroatoms. The van der Waals surface area contributed by atoms with Gasteiger partial charge in [-0.3, -0.25) is 0 Å². The molecule has 0 unspecified atom stereocenters. The molecule has 78 valence electrons. The van der Waals surface area contributed by atoms with Gasteiger partial charge in [-0.05, 0) is 24.7 Å². The predicted octanol–water partition coefficient (Wildman–Crippen LogP) is 2.56. The van der Waals surface area contributed by atoms with E-state index in [1.165, 1.54) is 24.4 Å². The van der Waals surface area contributed by atoms with E-state index in [1.807, 2.05) is 0 Å². The zero-order valence-corrected chi connectivity index (χ0v) is 9.60. The van der Waals surface area contributed by atoms with Crippen molar-refractivity contribution in [2.75, 3.05) is 11.9 Å². The van der Waals surface area contributed by atoms with Crippen molar-refractivity contribution in [2.24, 2.45) is 11.8 Å². The zero-order chi connectivity index (χ0) is 9.97. The summed E-state index contributed by atoms with van der Waals surface area (Å²) in [5.41, 5.74) is 0. The second-order valence-corrected chi connectivity index (χ2v) is 4.94. The summed E-state index contributed by atoms with van der Waals surface area (Å²) in [7, 11) is 0. The molecule has 0 radical (unpaired) electrons. The largest absolute Gasteiger partial charge is 0.360 e. The molecule has 0 bridgehead atoms. The van der Waals surface area contributed by atoms with Gasteiger partial charge in [-0.25, -0.2) is 4.98 Å². The Hall–Kier alpha value is -0.640. The van der Waals surface area contributed by atoms with Crippen LogP contribution in [0.25, 0.3) is 0 Å². The lowest BCUT2D eigenvalue weighted by molar-refractivity contribution is 0.225. The topological polar surface area (TPSA) is 37.8 Å². The first kappa shape index (κ1) is 9.90. The smallest absolute Gasteiger partial charge is 0.202 e. The normalized spacial score (nSPS) is 25.9. The van der Waals surface area contributed by atoms with Crippen LogP contribution < -0.4 is 5.32 Å². The van der Waals surface area contributed by atoms with Crippen LogP contribution in [0.4, 0.5) is 5.13 Å². The maximum Gasteiger partial charge on any atom is 0.202 e. The van der Waals surface area contributed by atoms with Crippen LogP contribution in [0.2, 0.25) is 0 Å². The molecular formula is C10H17N3S. The minimum absolute atomic E-state index is 0.860. The molecule has 3 nitrogen and oxygen atoms in total. The van der Waals surface area contributed by atoms with Gasteiger partial charge in [0.2, 0.25) is 5.13 Å². The van der Waals surface area contributed by atoms with E-state index in [2.05, 4.69) is 28.5 Å². The Morgan fingerprint density at radius 2 is 2.29 bits per heavy atom. The highest BCUT2D eigenvalue weighted by Crippen LogP contribution is 2.33. The highest BCUT2D eigenvalue weighted by molar-refractivity contribution is 7.09. The van der Waals surface area contributed by atoms with Crippen molar-refractivity contribution in [3.05, 3.63) is 5.82 Å². The molecule has 1 aliphatic rings.